The summed E-state index contributed by atoms with van der Waals surface area (Å²) in [6.07, 6.45) is 1.64. The van der Waals surface area contributed by atoms with Crippen molar-refractivity contribution in [2.24, 2.45) is 0 Å². The first-order valence-electron chi connectivity index (χ1n) is 5.31. The molecule has 0 fully saturated rings. The first kappa shape index (κ1) is 13.5. The summed E-state index contributed by atoms with van der Waals surface area (Å²) < 4.78 is 0. The van der Waals surface area contributed by atoms with E-state index in [1.807, 2.05) is 20.8 Å². The van der Waals surface area contributed by atoms with Gasteiger partial charge in [-0.1, -0.05) is 6.92 Å². The molecule has 3 nitrogen and oxygen atoms in total. The number of halogens is 1. The Morgan fingerprint density at radius 3 is 2.81 bits per heavy atom. The highest BCUT2D eigenvalue weighted by molar-refractivity contribution is 7.11. The third kappa shape index (κ3) is 3.19. The summed E-state index contributed by atoms with van der Waals surface area (Å²) in [4.78, 5) is 16.8. The van der Waals surface area contributed by atoms with Gasteiger partial charge in [0.1, 0.15) is 4.88 Å². The zero-order valence-electron chi connectivity index (χ0n) is 9.84. The van der Waals surface area contributed by atoms with Gasteiger partial charge in [0.25, 0.3) is 5.91 Å². The number of nitrogens with one attached hydrogen (secondary N) is 1. The molecule has 1 amide bonds. The average molecular weight is 261 g/mol. The number of alkyl halides is 1. The predicted octanol–water partition coefficient (Wildman–Crippen LogP) is 2.98. The number of carbonyl (C=O) groups is 1. The first-order chi connectivity index (χ1) is 7.52. The molecule has 0 saturated heterocycles. The largest absolute Gasteiger partial charge is 0.346 e. The van der Waals surface area contributed by atoms with Crippen LogP contribution >= 0.6 is 22.9 Å². The summed E-state index contributed by atoms with van der Waals surface area (Å²) in [7, 11) is 0. The molecule has 0 saturated carbocycles. The van der Waals surface area contributed by atoms with Crippen LogP contribution in [0.3, 0.4) is 0 Å². The third-order valence-corrected chi connectivity index (χ3v) is 3.91. The van der Waals surface area contributed by atoms with Crippen molar-refractivity contribution in [1.82, 2.24) is 10.3 Å². The summed E-state index contributed by atoms with van der Waals surface area (Å²) >= 11 is 7.11. The first-order valence-corrected chi connectivity index (χ1v) is 6.72. The van der Waals surface area contributed by atoms with Gasteiger partial charge in [0.05, 0.1) is 11.2 Å². The molecule has 1 N–H and O–H groups in total. The van der Waals surface area contributed by atoms with Gasteiger partial charge in [-0.05, 0) is 26.7 Å². The minimum absolute atomic E-state index is 0.0468. The molecular weight excluding hydrogens is 244 g/mol. The zero-order chi connectivity index (χ0) is 12.2. The molecule has 90 valence electrons. The van der Waals surface area contributed by atoms with Crippen LogP contribution in [-0.4, -0.2) is 22.3 Å². The molecule has 0 aliphatic rings. The lowest BCUT2D eigenvalue weighted by molar-refractivity contribution is 0.0905. The maximum Gasteiger partial charge on any atom is 0.263 e. The molecule has 1 unspecified atom stereocenters. The van der Waals surface area contributed by atoms with Crippen molar-refractivity contribution in [2.75, 3.05) is 5.88 Å². The van der Waals surface area contributed by atoms with Gasteiger partial charge in [-0.25, -0.2) is 4.98 Å². The molecule has 5 heteroatoms. The Morgan fingerprint density at radius 2 is 2.38 bits per heavy atom. The van der Waals surface area contributed by atoms with E-state index < -0.39 is 0 Å². The SMILES string of the molecule is CCC(C)(CCCl)NC(=O)c1scnc1C. The van der Waals surface area contributed by atoms with Crippen molar-refractivity contribution in [3.05, 3.63) is 16.1 Å². The third-order valence-electron chi connectivity index (χ3n) is 2.79. The molecule has 1 aromatic rings. The fourth-order valence-electron chi connectivity index (χ4n) is 1.39. The lowest BCUT2D eigenvalue weighted by atomic mass is 9.95. The van der Waals surface area contributed by atoms with Crippen molar-refractivity contribution in [3.63, 3.8) is 0 Å². The number of hydrogen-bond donors (Lipinski definition) is 1. The maximum absolute atomic E-state index is 12.0. The van der Waals surface area contributed by atoms with Gasteiger partial charge in [0.2, 0.25) is 0 Å². The highest BCUT2D eigenvalue weighted by Gasteiger charge is 2.25. The van der Waals surface area contributed by atoms with Crippen LogP contribution in [0.15, 0.2) is 5.51 Å². The van der Waals surface area contributed by atoms with Gasteiger partial charge in [0.15, 0.2) is 0 Å². The molecule has 0 aliphatic carbocycles. The molecule has 1 atom stereocenters. The van der Waals surface area contributed by atoms with Crippen LogP contribution in [0, 0.1) is 6.92 Å². The monoisotopic (exact) mass is 260 g/mol. The number of rotatable bonds is 5. The Morgan fingerprint density at radius 1 is 1.69 bits per heavy atom. The fourth-order valence-corrected chi connectivity index (χ4v) is 2.50. The number of hydrogen-bond acceptors (Lipinski definition) is 3. The van der Waals surface area contributed by atoms with Crippen molar-refractivity contribution in [2.45, 2.75) is 39.2 Å². The second kappa shape index (κ2) is 5.64. The van der Waals surface area contributed by atoms with E-state index in [2.05, 4.69) is 10.3 Å². The zero-order valence-corrected chi connectivity index (χ0v) is 11.4. The summed E-state index contributed by atoms with van der Waals surface area (Å²) in [6, 6.07) is 0. The number of amides is 1. The molecule has 1 aromatic heterocycles. The summed E-state index contributed by atoms with van der Waals surface area (Å²) in [5.74, 6) is 0.501. The number of thiazole rings is 1. The minimum Gasteiger partial charge on any atom is -0.346 e. The van der Waals surface area contributed by atoms with E-state index >= 15 is 0 Å². The van der Waals surface area contributed by atoms with Crippen molar-refractivity contribution < 1.29 is 4.79 Å². The summed E-state index contributed by atoms with van der Waals surface area (Å²) in [5, 5.41) is 3.03. The lowest BCUT2D eigenvalue weighted by Gasteiger charge is -2.28. The van der Waals surface area contributed by atoms with E-state index in [0.717, 1.165) is 18.5 Å². The van der Waals surface area contributed by atoms with E-state index in [9.17, 15) is 4.79 Å². The molecular formula is C11H17ClN2OS. The average Bonchev–Trinajstić information content (AvgIpc) is 2.65. The molecule has 0 bridgehead atoms. The molecule has 0 radical (unpaired) electrons. The predicted molar refractivity (Wildman–Crippen MR) is 68.4 cm³/mol. The smallest absolute Gasteiger partial charge is 0.263 e. The van der Waals surface area contributed by atoms with Crippen LogP contribution in [0.4, 0.5) is 0 Å². The second-order valence-corrected chi connectivity index (χ2v) is 5.31. The van der Waals surface area contributed by atoms with Crippen molar-refractivity contribution in [3.8, 4) is 0 Å². The molecule has 0 aromatic carbocycles. The van der Waals surface area contributed by atoms with Crippen LogP contribution in [0.25, 0.3) is 0 Å². The normalized spacial score (nSPS) is 14.5. The Bertz CT molecular complexity index is 367. The number of carbonyl (C=O) groups excluding carboxylic acids is 1. The van der Waals surface area contributed by atoms with E-state index in [-0.39, 0.29) is 11.4 Å². The van der Waals surface area contributed by atoms with Gasteiger partial charge < -0.3 is 5.32 Å². The second-order valence-electron chi connectivity index (χ2n) is 4.07. The minimum atomic E-state index is -0.227. The van der Waals surface area contributed by atoms with Crippen molar-refractivity contribution >= 4 is 28.8 Å². The van der Waals surface area contributed by atoms with Crippen LogP contribution < -0.4 is 5.32 Å². The van der Waals surface area contributed by atoms with E-state index in [1.165, 1.54) is 11.3 Å². The number of aromatic nitrogens is 1. The molecule has 1 heterocycles. The number of nitrogens with zero attached hydrogens (tertiary/aromatic N) is 1. The fraction of sp³-hybridized carbons (Fsp3) is 0.636. The van der Waals surface area contributed by atoms with E-state index in [4.69, 9.17) is 11.6 Å². The van der Waals surface area contributed by atoms with Gasteiger partial charge in [-0.2, -0.15) is 0 Å². The van der Waals surface area contributed by atoms with Crippen LogP contribution in [0.1, 0.15) is 42.1 Å². The quantitative estimate of drug-likeness (QED) is 0.827. The molecule has 0 spiro atoms. The molecule has 0 aliphatic heterocycles. The lowest BCUT2D eigenvalue weighted by Crippen LogP contribution is -2.45. The van der Waals surface area contributed by atoms with Gasteiger partial charge in [-0.3, -0.25) is 4.79 Å². The Kier molecular flexibility index (Phi) is 4.74. The molecule has 16 heavy (non-hydrogen) atoms. The van der Waals surface area contributed by atoms with Crippen LogP contribution in [-0.2, 0) is 0 Å². The van der Waals surface area contributed by atoms with Crippen LogP contribution in [0.5, 0.6) is 0 Å². The standard InChI is InChI=1S/C11H17ClN2OS/c1-4-11(3,5-6-12)14-10(15)9-8(2)13-7-16-9/h7H,4-6H2,1-3H3,(H,14,15). The molecule has 1 rings (SSSR count). The maximum atomic E-state index is 12.0. The summed E-state index contributed by atoms with van der Waals surface area (Å²) in [6.45, 7) is 5.91. The van der Waals surface area contributed by atoms with Gasteiger partial charge in [0, 0.05) is 11.4 Å². The highest BCUT2D eigenvalue weighted by atomic mass is 35.5. The van der Waals surface area contributed by atoms with Gasteiger partial charge >= 0.3 is 0 Å². The Labute approximate surface area is 105 Å². The summed E-state index contributed by atoms with van der Waals surface area (Å²) in [5.41, 5.74) is 2.25. The van der Waals surface area contributed by atoms with E-state index in [0.29, 0.717) is 10.8 Å². The number of aryl methyl sites for hydroxylation is 1. The van der Waals surface area contributed by atoms with Crippen LogP contribution in [0.2, 0.25) is 0 Å². The highest BCUT2D eigenvalue weighted by Crippen LogP contribution is 2.18. The van der Waals surface area contributed by atoms with Gasteiger partial charge in [-0.15, -0.1) is 22.9 Å². The Balaban J connectivity index is 2.73. The van der Waals surface area contributed by atoms with E-state index in [1.54, 1.807) is 5.51 Å². The topological polar surface area (TPSA) is 42.0 Å². The van der Waals surface area contributed by atoms with Crippen molar-refractivity contribution in [1.29, 1.82) is 0 Å². The Hall–Kier alpha value is -0.610.